The van der Waals surface area contributed by atoms with Crippen LogP contribution in [0.1, 0.15) is 58.1 Å². The summed E-state index contributed by atoms with van der Waals surface area (Å²) in [7, 11) is 0. The fourth-order valence-electron chi connectivity index (χ4n) is 5.51. The number of rotatable bonds is 8. The Morgan fingerprint density at radius 2 is 1.95 bits per heavy atom. The quantitative estimate of drug-likeness (QED) is 0.0986. The topological polar surface area (TPSA) is 126 Å². The molecule has 2 atom stereocenters. The molecule has 0 unspecified atom stereocenters. The van der Waals surface area contributed by atoms with Gasteiger partial charge in [0.15, 0.2) is 0 Å². The highest BCUT2D eigenvalue weighted by molar-refractivity contribution is 7.98. The molecule has 4 aromatic rings. The molecule has 0 aliphatic heterocycles. The number of fused-ring (bicyclic) bond motifs is 1. The number of hydrogen-bond acceptors (Lipinski definition) is 7. The van der Waals surface area contributed by atoms with Gasteiger partial charge in [-0.05, 0) is 94.2 Å². The van der Waals surface area contributed by atoms with Crippen molar-refractivity contribution in [1.82, 2.24) is 14.9 Å². The van der Waals surface area contributed by atoms with Gasteiger partial charge in [-0.1, -0.05) is 25.1 Å². The number of nitrogens with zero attached hydrogens (tertiary/aromatic N) is 3. The largest absolute Gasteiger partial charge is 0.508 e. The Morgan fingerprint density at radius 1 is 1.19 bits per heavy atom. The fraction of sp³-hybridized carbons (Fsp3) is 0.364. The number of phenols is 1. The number of hydrogen-bond donors (Lipinski definition) is 4. The van der Waals surface area contributed by atoms with Crippen LogP contribution in [0.25, 0.3) is 16.6 Å². The number of nitrogens with two attached hydrogens (primary N) is 1. The number of aromatic nitrogens is 2. The summed E-state index contributed by atoms with van der Waals surface area (Å²) in [5.74, 6) is 0.522. The van der Waals surface area contributed by atoms with E-state index in [1.54, 1.807) is 36.2 Å². The van der Waals surface area contributed by atoms with Gasteiger partial charge in [0, 0.05) is 28.7 Å². The molecular formula is C33H40N6O3S. The second kappa shape index (κ2) is 12.6. The zero-order chi connectivity index (χ0) is 30.7. The Bertz CT molecular complexity index is 1660. The van der Waals surface area contributed by atoms with Crippen LogP contribution in [0, 0.1) is 0 Å². The van der Waals surface area contributed by atoms with Gasteiger partial charge in [-0.3, -0.25) is 0 Å². The van der Waals surface area contributed by atoms with E-state index in [1.165, 1.54) is 4.90 Å². The van der Waals surface area contributed by atoms with Crippen molar-refractivity contribution in [2.24, 2.45) is 10.7 Å². The van der Waals surface area contributed by atoms with Crippen molar-refractivity contribution in [2.45, 2.75) is 76.0 Å². The minimum Gasteiger partial charge on any atom is -0.508 e. The zero-order valence-electron chi connectivity index (χ0n) is 25.3. The van der Waals surface area contributed by atoms with Gasteiger partial charge >= 0.3 is 6.09 Å². The average molecular weight is 601 g/mol. The van der Waals surface area contributed by atoms with Crippen molar-refractivity contribution in [3.8, 4) is 16.9 Å². The van der Waals surface area contributed by atoms with E-state index in [1.807, 2.05) is 50.5 Å². The summed E-state index contributed by atoms with van der Waals surface area (Å²) in [6.07, 6.45) is 8.60. The van der Waals surface area contributed by atoms with Crippen molar-refractivity contribution in [3.63, 3.8) is 0 Å². The highest BCUT2D eigenvalue weighted by Gasteiger charge is 2.29. The number of nitrogens with one attached hydrogen (secondary N) is 2. The summed E-state index contributed by atoms with van der Waals surface area (Å²) in [5.41, 5.74) is 12.3. The van der Waals surface area contributed by atoms with E-state index in [4.69, 9.17) is 20.6 Å². The van der Waals surface area contributed by atoms with Gasteiger partial charge < -0.3 is 26.2 Å². The van der Waals surface area contributed by atoms with E-state index >= 15 is 0 Å². The number of alkyl carbamates (subject to hydrolysis) is 1. The number of thioether (sulfide) groups is 1. The fourth-order valence-corrected chi connectivity index (χ4v) is 6.13. The first kappa shape index (κ1) is 30.3. The van der Waals surface area contributed by atoms with E-state index in [-0.39, 0.29) is 17.8 Å². The summed E-state index contributed by atoms with van der Waals surface area (Å²) in [6, 6.07) is 15.6. The number of aryl methyl sites for hydroxylation is 1. The number of amidine groups is 1. The molecule has 2 aromatic heterocycles. The van der Waals surface area contributed by atoms with Gasteiger partial charge in [-0.2, -0.15) is 5.10 Å². The van der Waals surface area contributed by atoms with E-state index in [9.17, 15) is 9.90 Å². The molecule has 2 aromatic carbocycles. The molecule has 2 heterocycles. The molecule has 0 spiro atoms. The Balaban J connectivity index is 1.52. The van der Waals surface area contributed by atoms with E-state index < -0.39 is 11.7 Å². The number of carbonyl (C=O) groups excluding carboxylic acids is 1. The van der Waals surface area contributed by atoms with Crippen molar-refractivity contribution in [3.05, 3.63) is 72.1 Å². The predicted octanol–water partition coefficient (Wildman–Crippen LogP) is 6.89. The molecule has 226 valence electrons. The molecule has 5 rings (SSSR count). The Kier molecular flexibility index (Phi) is 8.87. The maximum atomic E-state index is 12.4. The third-order valence-corrected chi connectivity index (χ3v) is 8.31. The second-order valence-electron chi connectivity index (χ2n) is 11.9. The van der Waals surface area contributed by atoms with Crippen molar-refractivity contribution < 1.29 is 14.6 Å². The van der Waals surface area contributed by atoms with Crippen LogP contribution >= 0.6 is 11.8 Å². The molecule has 1 amide bonds. The molecule has 9 nitrogen and oxygen atoms in total. The third kappa shape index (κ3) is 7.07. The van der Waals surface area contributed by atoms with Crippen LogP contribution in [0.5, 0.6) is 5.75 Å². The first-order chi connectivity index (χ1) is 20.5. The van der Waals surface area contributed by atoms with Gasteiger partial charge in [0.25, 0.3) is 0 Å². The summed E-state index contributed by atoms with van der Waals surface area (Å²) in [4.78, 5) is 18.4. The number of benzene rings is 2. The van der Waals surface area contributed by atoms with Crippen LogP contribution < -0.4 is 16.4 Å². The number of aromatic hydroxyl groups is 1. The molecule has 0 radical (unpaired) electrons. The molecule has 5 N–H and O–H groups in total. The maximum Gasteiger partial charge on any atom is 0.407 e. The molecule has 10 heteroatoms. The highest BCUT2D eigenvalue weighted by Crippen LogP contribution is 2.35. The lowest BCUT2D eigenvalue weighted by molar-refractivity contribution is 0.0505. The van der Waals surface area contributed by atoms with Gasteiger partial charge in [0.05, 0.1) is 28.7 Å². The lowest BCUT2D eigenvalue weighted by Gasteiger charge is -2.22. The number of aliphatic imine (C=N–C) groups is 1. The smallest absolute Gasteiger partial charge is 0.407 e. The van der Waals surface area contributed by atoms with Gasteiger partial charge in [0.1, 0.15) is 17.2 Å². The number of anilines is 1. The number of ether oxygens (including phenoxy) is 1. The molecular weight excluding hydrogens is 560 g/mol. The van der Waals surface area contributed by atoms with Gasteiger partial charge in [-0.25, -0.2) is 14.3 Å². The minimum absolute atomic E-state index is 0.000386. The standard InChI is InChI=1S/C33H40N6O3S/c1-6-20-15-24(40)13-14-27(20)38-31(34)26-18-35-39-19-21(25-9-7-8-10-29(25)43-5)16-28(39)30(26)36-22-11-12-23(17-22)37-32(41)42-33(2,3)4/h7-10,13-16,18-19,22-23,36,40H,6,11-12,17H2,1-5H3,(H2,34,38)(H,37,41)/t22-,23+/m1/s1. The normalized spacial score (nSPS) is 17.3. The summed E-state index contributed by atoms with van der Waals surface area (Å²) in [6.45, 7) is 7.59. The van der Waals surface area contributed by atoms with Crippen LogP contribution in [-0.4, -0.2) is 50.6 Å². The monoisotopic (exact) mass is 600 g/mol. The van der Waals surface area contributed by atoms with Crippen molar-refractivity contribution in [1.29, 1.82) is 0 Å². The Morgan fingerprint density at radius 3 is 2.70 bits per heavy atom. The van der Waals surface area contributed by atoms with Gasteiger partial charge in [0.2, 0.25) is 0 Å². The van der Waals surface area contributed by atoms with Crippen molar-refractivity contribution in [2.75, 3.05) is 11.6 Å². The van der Waals surface area contributed by atoms with Crippen LogP contribution in [0.3, 0.4) is 0 Å². The lowest BCUT2D eigenvalue weighted by Crippen LogP contribution is -2.38. The summed E-state index contributed by atoms with van der Waals surface area (Å²) in [5, 5.41) is 21.5. The van der Waals surface area contributed by atoms with Gasteiger partial charge in [-0.15, -0.1) is 11.8 Å². The van der Waals surface area contributed by atoms with E-state index in [0.29, 0.717) is 23.5 Å². The number of carbonyl (C=O) groups is 1. The van der Waals surface area contributed by atoms with Crippen molar-refractivity contribution >= 4 is 40.6 Å². The minimum atomic E-state index is -0.550. The predicted molar refractivity (Wildman–Crippen MR) is 175 cm³/mol. The Labute approximate surface area is 256 Å². The molecule has 1 saturated carbocycles. The zero-order valence-corrected chi connectivity index (χ0v) is 26.2. The molecule has 0 bridgehead atoms. The molecule has 1 aliphatic rings. The summed E-state index contributed by atoms with van der Waals surface area (Å²) < 4.78 is 7.35. The third-order valence-electron chi connectivity index (χ3n) is 7.52. The van der Waals surface area contributed by atoms with Crippen LogP contribution in [-0.2, 0) is 11.2 Å². The first-order valence-electron chi connectivity index (χ1n) is 14.6. The Hall–Kier alpha value is -4.18. The molecule has 1 aliphatic carbocycles. The average Bonchev–Trinajstić information content (AvgIpc) is 3.60. The number of amides is 1. The number of phenolic OH excluding ortho intramolecular Hbond substituents is 1. The SMILES string of the molecule is CCc1cc(O)ccc1N=C(N)c1cnn2cc(-c3ccccc3SC)cc2c1N[C@@H]1CC[C@H](NC(=O)OC(C)(C)C)C1. The van der Waals surface area contributed by atoms with Crippen LogP contribution in [0.4, 0.5) is 16.2 Å². The first-order valence-corrected chi connectivity index (χ1v) is 15.8. The molecule has 43 heavy (non-hydrogen) atoms. The van der Waals surface area contributed by atoms with Crippen LogP contribution in [0.2, 0.25) is 0 Å². The van der Waals surface area contributed by atoms with E-state index in [2.05, 4.69) is 35.1 Å². The van der Waals surface area contributed by atoms with E-state index in [0.717, 1.165) is 47.2 Å². The summed E-state index contributed by atoms with van der Waals surface area (Å²) >= 11 is 1.71. The molecule has 1 fully saturated rings. The maximum absolute atomic E-state index is 12.4. The molecule has 0 saturated heterocycles. The highest BCUT2D eigenvalue weighted by atomic mass is 32.2. The second-order valence-corrected chi connectivity index (χ2v) is 12.7. The lowest BCUT2D eigenvalue weighted by atomic mass is 10.1. The van der Waals surface area contributed by atoms with Crippen LogP contribution in [0.15, 0.2) is 70.8 Å².